The SMILES string of the molecule is COc1ccc(CSc2ncnc3c2ccn3C2CCC(CO)O2)cc1. The summed E-state index contributed by atoms with van der Waals surface area (Å²) in [6.45, 7) is 0.0631. The number of thioether (sulfide) groups is 1. The van der Waals surface area contributed by atoms with Crippen molar-refractivity contribution in [3.8, 4) is 5.75 Å². The number of ether oxygens (including phenoxy) is 2. The van der Waals surface area contributed by atoms with E-state index in [4.69, 9.17) is 9.47 Å². The summed E-state index contributed by atoms with van der Waals surface area (Å²) >= 11 is 1.69. The minimum absolute atomic E-state index is 0.0631. The number of fused-ring (bicyclic) bond motifs is 1. The summed E-state index contributed by atoms with van der Waals surface area (Å²) in [5.41, 5.74) is 2.09. The average molecular weight is 371 g/mol. The van der Waals surface area contributed by atoms with Gasteiger partial charge in [-0.05, 0) is 36.6 Å². The number of aliphatic hydroxyl groups is 1. The molecule has 136 valence electrons. The van der Waals surface area contributed by atoms with Crippen LogP contribution in [0.15, 0.2) is 47.9 Å². The molecule has 4 rings (SSSR count). The van der Waals surface area contributed by atoms with Crippen molar-refractivity contribution in [3.63, 3.8) is 0 Å². The zero-order chi connectivity index (χ0) is 17.9. The first-order valence-corrected chi connectivity index (χ1v) is 9.60. The third kappa shape index (κ3) is 3.42. The summed E-state index contributed by atoms with van der Waals surface area (Å²) in [5, 5.41) is 11.3. The predicted octanol–water partition coefficient (Wildman–Crippen LogP) is 3.40. The van der Waals surface area contributed by atoms with Crippen LogP contribution in [0.1, 0.15) is 24.6 Å². The Bertz CT molecular complexity index is 881. The van der Waals surface area contributed by atoms with E-state index >= 15 is 0 Å². The molecule has 2 unspecified atom stereocenters. The number of hydrogen-bond acceptors (Lipinski definition) is 6. The van der Waals surface area contributed by atoms with Gasteiger partial charge >= 0.3 is 0 Å². The van der Waals surface area contributed by atoms with E-state index < -0.39 is 0 Å². The summed E-state index contributed by atoms with van der Waals surface area (Å²) in [4.78, 5) is 8.91. The van der Waals surface area contributed by atoms with Crippen LogP contribution in [-0.4, -0.2) is 39.5 Å². The van der Waals surface area contributed by atoms with Crippen LogP contribution in [-0.2, 0) is 10.5 Å². The van der Waals surface area contributed by atoms with E-state index in [-0.39, 0.29) is 18.9 Å². The Morgan fingerprint density at radius 2 is 2.08 bits per heavy atom. The van der Waals surface area contributed by atoms with Crippen molar-refractivity contribution in [2.45, 2.75) is 36.0 Å². The zero-order valence-corrected chi connectivity index (χ0v) is 15.4. The first-order valence-electron chi connectivity index (χ1n) is 8.62. The Labute approximate surface area is 156 Å². The summed E-state index contributed by atoms with van der Waals surface area (Å²) < 4.78 is 13.1. The van der Waals surface area contributed by atoms with Crippen molar-refractivity contribution in [3.05, 3.63) is 48.4 Å². The molecule has 0 amide bonds. The average Bonchev–Trinajstić information content (AvgIpc) is 3.33. The summed E-state index contributed by atoms with van der Waals surface area (Å²) in [6.07, 6.45) is 5.20. The van der Waals surface area contributed by atoms with Gasteiger partial charge in [-0.1, -0.05) is 12.1 Å². The summed E-state index contributed by atoms with van der Waals surface area (Å²) in [6, 6.07) is 10.1. The number of nitrogens with zero attached hydrogens (tertiary/aromatic N) is 3. The van der Waals surface area contributed by atoms with E-state index in [0.29, 0.717) is 0 Å². The Morgan fingerprint density at radius 3 is 2.81 bits per heavy atom. The van der Waals surface area contributed by atoms with Crippen LogP contribution in [0.25, 0.3) is 11.0 Å². The number of benzene rings is 1. The Balaban J connectivity index is 1.53. The largest absolute Gasteiger partial charge is 0.497 e. The van der Waals surface area contributed by atoms with Gasteiger partial charge in [-0.3, -0.25) is 0 Å². The molecule has 1 aliphatic heterocycles. The summed E-state index contributed by atoms with van der Waals surface area (Å²) in [5.74, 6) is 1.69. The molecule has 2 atom stereocenters. The van der Waals surface area contributed by atoms with Crippen molar-refractivity contribution < 1.29 is 14.6 Å². The second-order valence-corrected chi connectivity index (χ2v) is 7.21. The molecule has 1 saturated heterocycles. The highest BCUT2D eigenvalue weighted by Gasteiger charge is 2.27. The number of methoxy groups -OCH3 is 1. The highest BCUT2D eigenvalue weighted by Crippen LogP contribution is 2.34. The van der Waals surface area contributed by atoms with Gasteiger partial charge in [-0.25, -0.2) is 9.97 Å². The molecule has 0 bridgehead atoms. The minimum Gasteiger partial charge on any atom is -0.497 e. The van der Waals surface area contributed by atoms with E-state index in [1.165, 1.54) is 5.56 Å². The second-order valence-electron chi connectivity index (χ2n) is 6.25. The quantitative estimate of drug-likeness (QED) is 0.529. The van der Waals surface area contributed by atoms with Crippen molar-refractivity contribution in [1.82, 2.24) is 14.5 Å². The van der Waals surface area contributed by atoms with Gasteiger partial charge in [0.2, 0.25) is 0 Å². The number of aromatic nitrogens is 3. The molecule has 7 heteroatoms. The number of rotatable bonds is 6. The number of aliphatic hydroxyl groups excluding tert-OH is 1. The topological polar surface area (TPSA) is 69.4 Å². The van der Waals surface area contributed by atoms with Crippen molar-refractivity contribution in [2.24, 2.45) is 0 Å². The maximum atomic E-state index is 9.28. The third-order valence-electron chi connectivity index (χ3n) is 4.61. The molecule has 3 aromatic rings. The van der Waals surface area contributed by atoms with E-state index in [0.717, 1.165) is 40.4 Å². The van der Waals surface area contributed by atoms with Gasteiger partial charge < -0.3 is 19.1 Å². The normalized spacial score (nSPS) is 19.9. The fourth-order valence-electron chi connectivity index (χ4n) is 3.19. The summed E-state index contributed by atoms with van der Waals surface area (Å²) in [7, 11) is 1.67. The Morgan fingerprint density at radius 1 is 1.23 bits per heavy atom. The first kappa shape index (κ1) is 17.3. The minimum atomic E-state index is -0.0804. The molecule has 1 aliphatic rings. The van der Waals surface area contributed by atoms with E-state index in [9.17, 15) is 5.11 Å². The smallest absolute Gasteiger partial charge is 0.146 e. The van der Waals surface area contributed by atoms with Crippen LogP contribution in [0.4, 0.5) is 0 Å². The van der Waals surface area contributed by atoms with Gasteiger partial charge in [-0.2, -0.15) is 0 Å². The molecule has 2 aromatic heterocycles. The molecule has 1 aromatic carbocycles. The Kier molecular flexibility index (Phi) is 5.10. The standard InChI is InChI=1S/C19H21N3O3S/c1-24-14-4-2-13(3-5-14)11-26-19-16-8-9-22(18(16)20-12-21-19)17-7-6-15(10-23)25-17/h2-5,8-9,12,15,17,23H,6-7,10-11H2,1H3. The van der Waals surface area contributed by atoms with E-state index in [2.05, 4.69) is 22.1 Å². The van der Waals surface area contributed by atoms with Gasteiger partial charge in [0.15, 0.2) is 0 Å². The fraction of sp³-hybridized carbons (Fsp3) is 0.368. The molecular weight excluding hydrogens is 350 g/mol. The van der Waals surface area contributed by atoms with Crippen LogP contribution < -0.4 is 4.74 Å². The van der Waals surface area contributed by atoms with Crippen LogP contribution >= 0.6 is 11.8 Å². The monoisotopic (exact) mass is 371 g/mol. The van der Waals surface area contributed by atoms with Crippen LogP contribution in [0.3, 0.4) is 0 Å². The maximum absolute atomic E-state index is 9.28. The van der Waals surface area contributed by atoms with Crippen molar-refractivity contribution >= 4 is 22.8 Å². The molecule has 0 radical (unpaired) electrons. The second kappa shape index (κ2) is 7.65. The van der Waals surface area contributed by atoms with Gasteiger partial charge in [0.1, 0.15) is 29.0 Å². The van der Waals surface area contributed by atoms with E-state index in [1.54, 1.807) is 25.2 Å². The highest BCUT2D eigenvalue weighted by atomic mass is 32.2. The molecular formula is C19H21N3O3S. The van der Waals surface area contributed by atoms with Gasteiger partial charge in [-0.15, -0.1) is 11.8 Å². The lowest BCUT2D eigenvalue weighted by atomic mass is 10.2. The van der Waals surface area contributed by atoms with Gasteiger partial charge in [0.25, 0.3) is 0 Å². The Hall–Kier alpha value is -2.09. The van der Waals surface area contributed by atoms with Gasteiger partial charge in [0.05, 0.1) is 25.2 Å². The molecule has 1 N–H and O–H groups in total. The third-order valence-corrected chi connectivity index (χ3v) is 5.68. The maximum Gasteiger partial charge on any atom is 0.146 e. The zero-order valence-electron chi connectivity index (χ0n) is 14.5. The molecule has 6 nitrogen and oxygen atoms in total. The fourth-order valence-corrected chi connectivity index (χ4v) is 4.13. The first-order chi connectivity index (χ1) is 12.8. The lowest BCUT2D eigenvalue weighted by Crippen LogP contribution is -2.14. The molecule has 0 aliphatic carbocycles. The number of hydrogen-bond donors (Lipinski definition) is 1. The molecule has 1 fully saturated rings. The van der Waals surface area contributed by atoms with Crippen LogP contribution in [0.5, 0.6) is 5.75 Å². The van der Waals surface area contributed by atoms with Crippen LogP contribution in [0.2, 0.25) is 0 Å². The van der Waals surface area contributed by atoms with Crippen molar-refractivity contribution in [1.29, 1.82) is 0 Å². The lowest BCUT2D eigenvalue weighted by Gasteiger charge is -2.14. The molecule has 3 heterocycles. The van der Waals surface area contributed by atoms with Crippen LogP contribution in [0, 0.1) is 0 Å². The molecule has 0 saturated carbocycles. The van der Waals surface area contributed by atoms with E-state index in [1.807, 2.05) is 29.0 Å². The molecule has 0 spiro atoms. The molecule has 26 heavy (non-hydrogen) atoms. The predicted molar refractivity (Wildman–Crippen MR) is 100 cm³/mol. The lowest BCUT2D eigenvalue weighted by molar-refractivity contribution is -0.0204. The highest BCUT2D eigenvalue weighted by molar-refractivity contribution is 7.98. The van der Waals surface area contributed by atoms with Gasteiger partial charge in [0, 0.05) is 11.9 Å². The van der Waals surface area contributed by atoms with Crippen molar-refractivity contribution in [2.75, 3.05) is 13.7 Å².